The average molecular weight is 432 g/mol. The van der Waals surface area contributed by atoms with Gasteiger partial charge in [0.05, 0.1) is 11.9 Å². The first-order chi connectivity index (χ1) is 14.1. The molecular weight excluding hydrogens is 398 g/mol. The van der Waals surface area contributed by atoms with Crippen molar-refractivity contribution in [2.24, 2.45) is 0 Å². The Morgan fingerprint density at radius 1 is 1.10 bits per heavy atom. The fraction of sp³-hybridized carbons (Fsp3) is 0.435. The summed E-state index contributed by atoms with van der Waals surface area (Å²) >= 11 is 0. The third kappa shape index (κ3) is 6.23. The van der Waals surface area contributed by atoms with Gasteiger partial charge in [-0.15, -0.1) is 0 Å². The van der Waals surface area contributed by atoms with Gasteiger partial charge in [0, 0.05) is 25.8 Å². The predicted octanol–water partition coefficient (Wildman–Crippen LogP) is 3.49. The van der Waals surface area contributed by atoms with Crippen LogP contribution in [0.3, 0.4) is 0 Å². The molecule has 0 saturated heterocycles. The normalized spacial score (nSPS) is 12.3. The van der Waals surface area contributed by atoms with Crippen LogP contribution in [-0.4, -0.2) is 46.8 Å². The molecule has 0 spiro atoms. The lowest BCUT2D eigenvalue weighted by molar-refractivity contribution is -0.122. The maximum Gasteiger partial charge on any atom is 0.243 e. The molecule has 0 radical (unpaired) electrons. The number of amides is 1. The molecule has 0 aromatic heterocycles. The van der Waals surface area contributed by atoms with Crippen LogP contribution in [0.25, 0.3) is 0 Å². The fourth-order valence-electron chi connectivity index (χ4n) is 3.45. The van der Waals surface area contributed by atoms with Gasteiger partial charge in [-0.25, -0.2) is 8.42 Å². The van der Waals surface area contributed by atoms with E-state index in [0.717, 1.165) is 36.0 Å². The van der Waals surface area contributed by atoms with Crippen LogP contribution in [0.5, 0.6) is 0 Å². The summed E-state index contributed by atoms with van der Waals surface area (Å²) in [6, 6.07) is 14.9. The lowest BCUT2D eigenvalue weighted by Crippen LogP contribution is -2.49. The fourth-order valence-corrected chi connectivity index (χ4v) is 4.71. The monoisotopic (exact) mass is 431 g/mol. The number of para-hydroxylation sites is 1. The largest absolute Gasteiger partial charge is 0.375 e. The van der Waals surface area contributed by atoms with Crippen molar-refractivity contribution in [2.45, 2.75) is 39.7 Å². The molecule has 0 aliphatic carbocycles. The topological polar surface area (TPSA) is 69.7 Å². The number of nitrogens with zero attached hydrogens (tertiary/aromatic N) is 2. The maximum absolute atomic E-state index is 12.9. The van der Waals surface area contributed by atoms with Crippen molar-refractivity contribution < 1.29 is 13.2 Å². The zero-order valence-corrected chi connectivity index (χ0v) is 19.4. The van der Waals surface area contributed by atoms with Gasteiger partial charge in [-0.1, -0.05) is 37.3 Å². The van der Waals surface area contributed by atoms with E-state index in [2.05, 4.69) is 10.2 Å². The van der Waals surface area contributed by atoms with Crippen LogP contribution in [-0.2, 0) is 14.8 Å². The number of carbonyl (C=O) groups is 1. The Labute approximate surface area is 180 Å². The summed E-state index contributed by atoms with van der Waals surface area (Å²) in [6.07, 6.45) is 2.30. The third-order valence-corrected chi connectivity index (χ3v) is 6.26. The van der Waals surface area contributed by atoms with Crippen LogP contribution in [0.15, 0.2) is 48.5 Å². The van der Waals surface area contributed by atoms with Gasteiger partial charge in [-0.05, 0) is 56.0 Å². The van der Waals surface area contributed by atoms with E-state index in [-0.39, 0.29) is 5.91 Å². The molecule has 0 unspecified atom stereocenters. The van der Waals surface area contributed by atoms with E-state index in [0.29, 0.717) is 18.7 Å². The van der Waals surface area contributed by atoms with Gasteiger partial charge >= 0.3 is 0 Å². The Kier molecular flexibility index (Phi) is 8.29. The number of hydrogen-bond donors (Lipinski definition) is 1. The van der Waals surface area contributed by atoms with Crippen molar-refractivity contribution >= 4 is 27.3 Å². The van der Waals surface area contributed by atoms with Gasteiger partial charge in [0.15, 0.2) is 0 Å². The molecule has 1 amide bonds. The van der Waals surface area contributed by atoms with E-state index in [1.165, 1.54) is 4.31 Å². The second-order valence-electron chi connectivity index (χ2n) is 7.67. The summed E-state index contributed by atoms with van der Waals surface area (Å²) < 4.78 is 26.5. The number of sulfonamides is 1. The zero-order chi connectivity index (χ0) is 22.3. The van der Waals surface area contributed by atoms with Crippen molar-refractivity contribution in [2.75, 3.05) is 35.6 Å². The van der Waals surface area contributed by atoms with Crippen molar-refractivity contribution in [3.8, 4) is 0 Å². The number of nitrogens with one attached hydrogen (secondary N) is 1. The van der Waals surface area contributed by atoms with E-state index < -0.39 is 16.1 Å². The quantitative estimate of drug-likeness (QED) is 0.585. The van der Waals surface area contributed by atoms with Gasteiger partial charge in [-0.3, -0.25) is 9.10 Å². The van der Waals surface area contributed by atoms with Gasteiger partial charge in [0.25, 0.3) is 0 Å². The SMILES string of the molecule is CC[C@@H](C(=O)NCCCN(C)c1ccccc1)N(c1cc(C)ccc1C)S(C)(=O)=O. The van der Waals surface area contributed by atoms with Crippen LogP contribution in [0, 0.1) is 13.8 Å². The Morgan fingerprint density at radius 3 is 2.37 bits per heavy atom. The molecule has 0 heterocycles. The maximum atomic E-state index is 12.9. The van der Waals surface area contributed by atoms with Gasteiger partial charge < -0.3 is 10.2 Å². The Balaban J connectivity index is 2.06. The standard InChI is InChI=1S/C23H33N3O3S/c1-6-21(26(30(5,28)29)22-17-18(2)13-14-19(22)3)23(27)24-15-10-16-25(4)20-11-8-7-9-12-20/h7-9,11-14,17,21H,6,10,15-16H2,1-5H3,(H,24,27)/t21-/m0/s1. The van der Waals surface area contributed by atoms with E-state index in [1.807, 2.05) is 76.3 Å². The Bertz CT molecular complexity index is 945. The minimum Gasteiger partial charge on any atom is -0.375 e. The number of hydrogen-bond acceptors (Lipinski definition) is 4. The number of anilines is 2. The molecule has 164 valence electrons. The second-order valence-corrected chi connectivity index (χ2v) is 9.53. The number of rotatable bonds is 10. The summed E-state index contributed by atoms with van der Waals surface area (Å²) in [5, 5.41) is 2.93. The molecule has 2 aromatic rings. The summed E-state index contributed by atoms with van der Waals surface area (Å²) in [5.74, 6) is -0.272. The molecule has 0 fully saturated rings. The van der Waals surface area contributed by atoms with Crippen LogP contribution >= 0.6 is 0 Å². The molecule has 1 atom stereocenters. The van der Waals surface area contributed by atoms with Gasteiger partial charge in [-0.2, -0.15) is 0 Å². The summed E-state index contributed by atoms with van der Waals surface area (Å²) in [6.45, 7) is 6.87. The summed E-state index contributed by atoms with van der Waals surface area (Å²) in [7, 11) is -1.62. The third-order valence-electron chi connectivity index (χ3n) is 5.10. The molecular formula is C23H33N3O3S. The lowest BCUT2D eigenvalue weighted by atomic mass is 10.1. The molecule has 0 saturated carbocycles. The van der Waals surface area contributed by atoms with Crippen LogP contribution < -0.4 is 14.5 Å². The van der Waals surface area contributed by atoms with E-state index in [1.54, 1.807) is 0 Å². The van der Waals surface area contributed by atoms with E-state index in [4.69, 9.17) is 0 Å². The Morgan fingerprint density at radius 2 is 1.77 bits per heavy atom. The number of benzene rings is 2. The van der Waals surface area contributed by atoms with E-state index in [9.17, 15) is 13.2 Å². The smallest absolute Gasteiger partial charge is 0.243 e. The minimum atomic E-state index is -3.63. The highest BCUT2D eigenvalue weighted by Crippen LogP contribution is 2.27. The molecule has 30 heavy (non-hydrogen) atoms. The first-order valence-electron chi connectivity index (χ1n) is 10.3. The first-order valence-corrected chi connectivity index (χ1v) is 12.1. The molecule has 2 rings (SSSR count). The molecule has 2 aromatic carbocycles. The first kappa shape index (κ1) is 23.7. The summed E-state index contributed by atoms with van der Waals surface area (Å²) in [5.41, 5.74) is 3.45. The highest BCUT2D eigenvalue weighted by Gasteiger charge is 2.32. The van der Waals surface area contributed by atoms with Crippen molar-refractivity contribution in [3.05, 3.63) is 59.7 Å². The van der Waals surface area contributed by atoms with E-state index >= 15 is 0 Å². The molecule has 0 bridgehead atoms. The van der Waals surface area contributed by atoms with Crippen LogP contribution in [0.4, 0.5) is 11.4 Å². The van der Waals surface area contributed by atoms with Gasteiger partial charge in [0.1, 0.15) is 6.04 Å². The zero-order valence-electron chi connectivity index (χ0n) is 18.6. The second kappa shape index (κ2) is 10.5. The number of carbonyl (C=O) groups excluding carboxylic acids is 1. The lowest BCUT2D eigenvalue weighted by Gasteiger charge is -2.31. The minimum absolute atomic E-state index is 0.272. The molecule has 0 aliphatic rings. The molecule has 7 heteroatoms. The van der Waals surface area contributed by atoms with Crippen molar-refractivity contribution in [1.82, 2.24) is 5.32 Å². The number of aryl methyl sites for hydroxylation is 2. The molecule has 6 nitrogen and oxygen atoms in total. The van der Waals surface area contributed by atoms with Crippen molar-refractivity contribution in [1.29, 1.82) is 0 Å². The highest BCUT2D eigenvalue weighted by molar-refractivity contribution is 7.92. The molecule has 0 aliphatic heterocycles. The average Bonchev–Trinajstić information content (AvgIpc) is 2.70. The van der Waals surface area contributed by atoms with Crippen LogP contribution in [0.1, 0.15) is 30.9 Å². The molecule has 1 N–H and O–H groups in total. The summed E-state index contributed by atoms with van der Waals surface area (Å²) in [4.78, 5) is 15.0. The van der Waals surface area contributed by atoms with Crippen molar-refractivity contribution in [3.63, 3.8) is 0 Å². The predicted molar refractivity (Wildman–Crippen MR) is 125 cm³/mol. The highest BCUT2D eigenvalue weighted by atomic mass is 32.2. The van der Waals surface area contributed by atoms with Gasteiger partial charge in [0.2, 0.25) is 15.9 Å². The van der Waals surface area contributed by atoms with Crippen LogP contribution in [0.2, 0.25) is 0 Å². The Hall–Kier alpha value is -2.54.